The third-order valence-corrected chi connectivity index (χ3v) is 2.48. The number of ether oxygens (including phenoxy) is 2. The molecule has 4 nitrogen and oxygen atoms in total. The van der Waals surface area contributed by atoms with E-state index in [0.717, 1.165) is 6.61 Å². The molecule has 0 aromatic carbocycles. The molecule has 0 amide bonds. The second-order valence-electron chi connectivity index (χ2n) is 4.39. The van der Waals surface area contributed by atoms with Crippen LogP contribution in [0.15, 0.2) is 0 Å². The lowest BCUT2D eigenvalue weighted by atomic mass is 10.1. The van der Waals surface area contributed by atoms with Gasteiger partial charge in [-0.25, -0.2) is 0 Å². The van der Waals surface area contributed by atoms with Crippen molar-refractivity contribution in [3.63, 3.8) is 0 Å². The molecular formula is C11H23NO3. The molecule has 1 aliphatic rings. The standard InChI is InChI=1S/C11H23NO3/c1-3-14-6-7-15-9-11(2,8-13)12-10-4-5-10/h10,12-13H,3-9H2,1-2H3. The Morgan fingerprint density at radius 1 is 1.33 bits per heavy atom. The molecule has 0 aliphatic heterocycles. The van der Waals surface area contributed by atoms with Crippen LogP contribution in [0.4, 0.5) is 0 Å². The molecule has 4 heteroatoms. The Labute approximate surface area is 92.0 Å². The normalized spacial score (nSPS) is 20.2. The fourth-order valence-corrected chi connectivity index (χ4v) is 1.41. The number of aliphatic hydroxyl groups excluding tert-OH is 1. The van der Waals surface area contributed by atoms with Crippen molar-refractivity contribution in [3.05, 3.63) is 0 Å². The van der Waals surface area contributed by atoms with Crippen molar-refractivity contribution in [3.8, 4) is 0 Å². The largest absolute Gasteiger partial charge is 0.394 e. The van der Waals surface area contributed by atoms with E-state index in [1.54, 1.807) is 0 Å². The van der Waals surface area contributed by atoms with Gasteiger partial charge < -0.3 is 19.9 Å². The average Bonchev–Trinajstić information content (AvgIpc) is 3.01. The Morgan fingerprint density at radius 3 is 2.53 bits per heavy atom. The predicted octanol–water partition coefficient (Wildman–Crippen LogP) is 0.542. The van der Waals surface area contributed by atoms with Gasteiger partial charge in [-0.2, -0.15) is 0 Å². The highest BCUT2D eigenvalue weighted by molar-refractivity contribution is 4.92. The molecule has 90 valence electrons. The Hall–Kier alpha value is -0.160. The highest BCUT2D eigenvalue weighted by atomic mass is 16.5. The number of hydrogen-bond acceptors (Lipinski definition) is 4. The minimum atomic E-state index is -0.298. The summed E-state index contributed by atoms with van der Waals surface area (Å²) in [7, 11) is 0. The van der Waals surface area contributed by atoms with Crippen LogP contribution in [0.5, 0.6) is 0 Å². The molecule has 0 spiro atoms. The summed E-state index contributed by atoms with van der Waals surface area (Å²) in [5, 5.41) is 12.7. The van der Waals surface area contributed by atoms with Gasteiger partial charge in [-0.15, -0.1) is 0 Å². The van der Waals surface area contributed by atoms with Crippen molar-refractivity contribution in [2.24, 2.45) is 0 Å². The van der Waals surface area contributed by atoms with Crippen molar-refractivity contribution in [1.29, 1.82) is 0 Å². The van der Waals surface area contributed by atoms with Crippen LogP contribution in [0.3, 0.4) is 0 Å². The van der Waals surface area contributed by atoms with E-state index in [1.807, 2.05) is 13.8 Å². The topological polar surface area (TPSA) is 50.7 Å². The van der Waals surface area contributed by atoms with E-state index in [4.69, 9.17) is 9.47 Å². The van der Waals surface area contributed by atoms with Crippen molar-refractivity contribution in [2.75, 3.05) is 33.0 Å². The molecule has 2 N–H and O–H groups in total. The smallest absolute Gasteiger partial charge is 0.0701 e. The third kappa shape index (κ3) is 5.47. The third-order valence-electron chi connectivity index (χ3n) is 2.48. The molecule has 1 atom stereocenters. The number of hydrogen-bond donors (Lipinski definition) is 2. The van der Waals surface area contributed by atoms with Gasteiger partial charge in [-0.1, -0.05) is 0 Å². The molecule has 0 radical (unpaired) electrons. The summed E-state index contributed by atoms with van der Waals surface area (Å²) < 4.78 is 10.6. The van der Waals surface area contributed by atoms with Crippen molar-refractivity contribution >= 4 is 0 Å². The molecule has 1 saturated carbocycles. The molecule has 0 heterocycles. The first kappa shape index (κ1) is 12.9. The molecule has 0 aromatic heterocycles. The fraction of sp³-hybridized carbons (Fsp3) is 1.00. The van der Waals surface area contributed by atoms with Crippen LogP contribution in [0.1, 0.15) is 26.7 Å². The SMILES string of the molecule is CCOCCOCC(C)(CO)NC1CC1. The molecule has 1 unspecified atom stereocenters. The van der Waals surface area contributed by atoms with Gasteiger partial charge in [0.05, 0.1) is 32.0 Å². The predicted molar refractivity (Wildman–Crippen MR) is 59.0 cm³/mol. The molecule has 15 heavy (non-hydrogen) atoms. The van der Waals surface area contributed by atoms with E-state index >= 15 is 0 Å². The van der Waals surface area contributed by atoms with E-state index in [0.29, 0.717) is 25.9 Å². The monoisotopic (exact) mass is 217 g/mol. The Kier molecular flexibility index (Phi) is 5.53. The molecular weight excluding hydrogens is 194 g/mol. The lowest BCUT2D eigenvalue weighted by Gasteiger charge is -2.28. The van der Waals surface area contributed by atoms with Gasteiger partial charge >= 0.3 is 0 Å². The van der Waals surface area contributed by atoms with Crippen LogP contribution in [-0.4, -0.2) is 49.7 Å². The summed E-state index contributed by atoms with van der Waals surface area (Å²) >= 11 is 0. The van der Waals surface area contributed by atoms with Gasteiger partial charge in [0.1, 0.15) is 0 Å². The fourth-order valence-electron chi connectivity index (χ4n) is 1.41. The van der Waals surface area contributed by atoms with Crippen molar-refractivity contribution < 1.29 is 14.6 Å². The zero-order valence-electron chi connectivity index (χ0n) is 9.79. The molecule has 0 aromatic rings. The number of rotatable bonds is 9. The van der Waals surface area contributed by atoms with Crippen LogP contribution in [0.2, 0.25) is 0 Å². The van der Waals surface area contributed by atoms with Gasteiger partial charge in [0.2, 0.25) is 0 Å². The summed E-state index contributed by atoms with van der Waals surface area (Å²) in [6, 6.07) is 0.581. The second kappa shape index (κ2) is 6.43. The molecule has 1 aliphatic carbocycles. The van der Waals surface area contributed by atoms with Crippen LogP contribution >= 0.6 is 0 Å². The van der Waals surface area contributed by atoms with Crippen LogP contribution in [0, 0.1) is 0 Å². The summed E-state index contributed by atoms with van der Waals surface area (Å²) in [6.07, 6.45) is 2.43. The zero-order valence-corrected chi connectivity index (χ0v) is 9.79. The van der Waals surface area contributed by atoms with Crippen molar-refractivity contribution in [1.82, 2.24) is 5.32 Å². The van der Waals surface area contributed by atoms with Gasteiger partial charge in [0.15, 0.2) is 0 Å². The zero-order chi connectivity index (χ0) is 11.1. The van der Waals surface area contributed by atoms with Crippen molar-refractivity contribution in [2.45, 2.75) is 38.3 Å². The molecule has 0 bridgehead atoms. The Morgan fingerprint density at radius 2 is 2.00 bits per heavy atom. The van der Waals surface area contributed by atoms with Gasteiger partial charge in [0.25, 0.3) is 0 Å². The van der Waals surface area contributed by atoms with E-state index in [1.165, 1.54) is 12.8 Å². The summed E-state index contributed by atoms with van der Waals surface area (Å²) in [5.41, 5.74) is -0.298. The minimum absolute atomic E-state index is 0.109. The average molecular weight is 217 g/mol. The summed E-state index contributed by atoms with van der Waals surface area (Å²) in [6.45, 7) is 6.54. The van der Waals surface area contributed by atoms with E-state index in [-0.39, 0.29) is 12.1 Å². The van der Waals surface area contributed by atoms with Crippen LogP contribution in [0.25, 0.3) is 0 Å². The number of aliphatic hydroxyl groups is 1. The van der Waals surface area contributed by atoms with Crippen LogP contribution in [-0.2, 0) is 9.47 Å². The maximum absolute atomic E-state index is 9.29. The van der Waals surface area contributed by atoms with E-state index in [9.17, 15) is 5.11 Å². The first-order valence-corrected chi connectivity index (χ1v) is 5.74. The van der Waals surface area contributed by atoms with Gasteiger partial charge in [0, 0.05) is 12.6 Å². The molecule has 1 rings (SSSR count). The van der Waals surface area contributed by atoms with Crippen LogP contribution < -0.4 is 5.32 Å². The Balaban J connectivity index is 2.08. The quantitative estimate of drug-likeness (QED) is 0.554. The minimum Gasteiger partial charge on any atom is -0.394 e. The first-order chi connectivity index (χ1) is 7.20. The van der Waals surface area contributed by atoms with E-state index < -0.39 is 0 Å². The van der Waals surface area contributed by atoms with E-state index in [2.05, 4.69) is 5.32 Å². The lowest BCUT2D eigenvalue weighted by molar-refractivity contribution is 0.0103. The highest BCUT2D eigenvalue weighted by Gasteiger charge is 2.32. The van der Waals surface area contributed by atoms with Gasteiger partial charge in [-0.05, 0) is 26.7 Å². The molecule has 0 saturated heterocycles. The second-order valence-corrected chi connectivity index (χ2v) is 4.39. The first-order valence-electron chi connectivity index (χ1n) is 5.74. The maximum Gasteiger partial charge on any atom is 0.0701 e. The summed E-state index contributed by atoms with van der Waals surface area (Å²) in [4.78, 5) is 0. The summed E-state index contributed by atoms with van der Waals surface area (Å²) in [5.74, 6) is 0. The number of nitrogens with one attached hydrogen (secondary N) is 1. The lowest BCUT2D eigenvalue weighted by Crippen LogP contribution is -2.50. The maximum atomic E-state index is 9.29. The van der Waals surface area contributed by atoms with Gasteiger partial charge in [-0.3, -0.25) is 0 Å². The highest BCUT2D eigenvalue weighted by Crippen LogP contribution is 2.22. The molecule has 1 fully saturated rings. The Bertz CT molecular complexity index is 173.